The predicted octanol–water partition coefficient (Wildman–Crippen LogP) is 16.0. The van der Waals surface area contributed by atoms with Crippen molar-refractivity contribution in [3.63, 3.8) is 0 Å². The Morgan fingerprint density at radius 2 is 1.06 bits per heavy atom. The van der Waals surface area contributed by atoms with Crippen LogP contribution in [0.4, 0.5) is 17.1 Å². The summed E-state index contributed by atoms with van der Waals surface area (Å²) in [6, 6.07) is 53.8. The molecule has 0 aromatic heterocycles. The average molecular weight is 889 g/mol. The largest absolute Gasteiger partial charge is 0.340 e. The first kappa shape index (κ1) is 44.8. The van der Waals surface area contributed by atoms with Crippen molar-refractivity contribution in [2.45, 2.75) is 97.1 Å². The molecule has 0 fully saturated rings. The summed E-state index contributed by atoms with van der Waals surface area (Å²) in [6.45, 7) is 27.1. The Kier molecular flexibility index (Phi) is 11.0. The molecule has 10 rings (SSSR count). The molecule has 0 amide bonds. The lowest BCUT2D eigenvalue weighted by atomic mass is 9.76. The second kappa shape index (κ2) is 16.7. The maximum atomic E-state index is 4.60. The standard InChI is InChI=1S/C65H66N3/c1-44-22-12-17-28-52(44)62(3,4)45(2)23-20-32-58-64(7,8)60-50-26-15-13-24-48(50)38-40-55(60)67(58)42-46-34-36-47(37-35-46)43-68-56-41-39-49-25-14-16-27-51(49)61(56)65(9,10)59(68)33-21-31-57-63(5,6)53-29-18-19-30-54(53)66(57)11/h12-41H,2,42-43H2,1,3-11H3/q+1/b23-20+,58-32-. The van der Waals surface area contributed by atoms with Crippen molar-refractivity contribution >= 4 is 44.3 Å². The molecule has 3 heteroatoms. The fourth-order valence-electron chi connectivity index (χ4n) is 12.0. The van der Waals surface area contributed by atoms with Crippen molar-refractivity contribution in [1.82, 2.24) is 0 Å². The van der Waals surface area contributed by atoms with E-state index < -0.39 is 0 Å². The van der Waals surface area contributed by atoms with Crippen LogP contribution >= 0.6 is 0 Å². The Morgan fingerprint density at radius 3 is 1.60 bits per heavy atom. The van der Waals surface area contributed by atoms with E-state index in [1.807, 2.05) is 0 Å². The van der Waals surface area contributed by atoms with Gasteiger partial charge >= 0.3 is 0 Å². The van der Waals surface area contributed by atoms with Crippen molar-refractivity contribution in [2.75, 3.05) is 16.8 Å². The molecule has 0 bridgehead atoms. The van der Waals surface area contributed by atoms with Crippen LogP contribution in [-0.2, 0) is 34.7 Å². The maximum Gasteiger partial charge on any atom is 0.209 e. The highest BCUT2D eigenvalue weighted by atomic mass is 15.2. The van der Waals surface area contributed by atoms with Crippen molar-refractivity contribution < 1.29 is 4.58 Å². The van der Waals surface area contributed by atoms with Crippen molar-refractivity contribution in [1.29, 1.82) is 0 Å². The Hall–Kier alpha value is -6.97. The molecule has 0 aliphatic carbocycles. The van der Waals surface area contributed by atoms with Gasteiger partial charge in [0.1, 0.15) is 7.05 Å². The van der Waals surface area contributed by atoms with Crippen LogP contribution in [0.15, 0.2) is 206 Å². The highest BCUT2D eigenvalue weighted by Crippen LogP contribution is 2.53. The van der Waals surface area contributed by atoms with Gasteiger partial charge in [0.15, 0.2) is 5.71 Å². The fraction of sp³-hybridized carbons (Fsp3) is 0.246. The molecule has 0 unspecified atom stereocenters. The number of hydrogen-bond donors (Lipinski definition) is 0. The summed E-state index contributed by atoms with van der Waals surface area (Å²) in [5.74, 6) is 0. The van der Waals surface area contributed by atoms with Crippen LogP contribution in [0.3, 0.4) is 0 Å². The van der Waals surface area contributed by atoms with Gasteiger partial charge in [-0.1, -0.05) is 194 Å². The third kappa shape index (κ3) is 7.30. The van der Waals surface area contributed by atoms with Gasteiger partial charge in [0.25, 0.3) is 0 Å². The van der Waals surface area contributed by atoms with Gasteiger partial charge < -0.3 is 9.80 Å². The zero-order valence-corrected chi connectivity index (χ0v) is 41.8. The number of allylic oxidation sites excluding steroid dienone is 9. The number of hydrogen-bond acceptors (Lipinski definition) is 2. The second-order valence-corrected chi connectivity index (χ2v) is 21.5. The molecule has 3 aliphatic rings. The van der Waals surface area contributed by atoms with Crippen LogP contribution in [0, 0.1) is 6.92 Å². The van der Waals surface area contributed by atoms with Crippen LogP contribution in [0.25, 0.3) is 21.5 Å². The fourth-order valence-corrected chi connectivity index (χ4v) is 12.0. The van der Waals surface area contributed by atoms with Crippen LogP contribution in [0.1, 0.15) is 94.3 Å². The molecule has 0 spiro atoms. The maximum absolute atomic E-state index is 4.60. The molecule has 7 aromatic carbocycles. The van der Waals surface area contributed by atoms with Crippen molar-refractivity contribution in [2.24, 2.45) is 0 Å². The third-order valence-electron chi connectivity index (χ3n) is 15.8. The van der Waals surface area contributed by atoms with Gasteiger partial charge in [0, 0.05) is 69.8 Å². The molecule has 3 heterocycles. The SMILES string of the molecule is C=C(/C=C/C=C1\N(Cc2ccc(CN3/C(=C\C=C\C4=[N+](C)c5ccccc5C4(C)C)C(C)(C)c4c3ccc3ccccc43)cc2)c2ccc3ccccc3c2C1(C)C)C(C)(C)c1ccccc1C. The molecule has 0 atom stereocenters. The van der Waals surface area contributed by atoms with Crippen LogP contribution in [0.2, 0.25) is 0 Å². The van der Waals surface area contributed by atoms with E-state index in [0.717, 1.165) is 18.7 Å². The summed E-state index contributed by atoms with van der Waals surface area (Å²) < 4.78 is 2.36. The molecule has 0 radical (unpaired) electrons. The first-order valence-electron chi connectivity index (χ1n) is 24.4. The van der Waals surface area contributed by atoms with E-state index in [1.165, 1.54) is 94.7 Å². The average Bonchev–Trinajstić information content (AvgIpc) is 3.77. The third-order valence-corrected chi connectivity index (χ3v) is 15.8. The van der Waals surface area contributed by atoms with Crippen LogP contribution in [0.5, 0.6) is 0 Å². The van der Waals surface area contributed by atoms with Gasteiger partial charge in [-0.05, 0) is 106 Å². The lowest BCUT2D eigenvalue weighted by Gasteiger charge is -2.29. The molecule has 7 aromatic rings. The number of para-hydroxylation sites is 1. The number of benzene rings is 7. The zero-order valence-electron chi connectivity index (χ0n) is 41.8. The number of rotatable bonds is 10. The van der Waals surface area contributed by atoms with E-state index >= 15 is 0 Å². The van der Waals surface area contributed by atoms with Crippen LogP contribution in [-0.4, -0.2) is 17.3 Å². The minimum Gasteiger partial charge on any atom is -0.340 e. The van der Waals surface area contributed by atoms with Crippen LogP contribution < -0.4 is 9.80 Å². The number of fused-ring (bicyclic) bond motifs is 7. The van der Waals surface area contributed by atoms with Gasteiger partial charge in [-0.2, -0.15) is 4.58 Å². The first-order chi connectivity index (χ1) is 32.5. The molecule has 68 heavy (non-hydrogen) atoms. The van der Waals surface area contributed by atoms with E-state index in [-0.39, 0.29) is 21.7 Å². The van der Waals surface area contributed by atoms with E-state index in [4.69, 9.17) is 0 Å². The molecule has 3 aliphatic heterocycles. The van der Waals surface area contributed by atoms with E-state index in [2.05, 4.69) is 272 Å². The lowest BCUT2D eigenvalue weighted by Crippen LogP contribution is -2.27. The summed E-state index contributed by atoms with van der Waals surface area (Å²) >= 11 is 0. The molecular formula is C65H66N3+. The topological polar surface area (TPSA) is 9.49 Å². The summed E-state index contributed by atoms with van der Waals surface area (Å²) in [5.41, 5.74) is 17.4. The molecular weight excluding hydrogens is 823 g/mol. The zero-order chi connectivity index (χ0) is 47.8. The summed E-state index contributed by atoms with van der Waals surface area (Å²) in [5, 5.41) is 5.19. The van der Waals surface area contributed by atoms with Gasteiger partial charge in [0.05, 0.1) is 5.41 Å². The summed E-state index contributed by atoms with van der Waals surface area (Å²) in [7, 11) is 2.20. The summed E-state index contributed by atoms with van der Waals surface area (Å²) in [4.78, 5) is 5.11. The Bertz CT molecular complexity index is 3320. The normalized spacial score (nSPS) is 18.2. The van der Waals surface area contributed by atoms with Gasteiger partial charge in [-0.25, -0.2) is 0 Å². The monoisotopic (exact) mass is 889 g/mol. The Labute approximate surface area is 405 Å². The molecule has 0 saturated heterocycles. The molecule has 3 nitrogen and oxygen atoms in total. The van der Waals surface area contributed by atoms with Gasteiger partial charge in [-0.3, -0.25) is 0 Å². The Balaban J connectivity index is 0.979. The highest BCUT2D eigenvalue weighted by Gasteiger charge is 2.44. The molecule has 0 saturated carbocycles. The van der Waals surface area contributed by atoms with E-state index in [0.29, 0.717) is 0 Å². The predicted molar refractivity (Wildman–Crippen MR) is 291 cm³/mol. The molecule has 0 N–H and O–H groups in total. The smallest absolute Gasteiger partial charge is 0.209 e. The highest BCUT2D eigenvalue weighted by molar-refractivity contribution is 6.03. The second-order valence-electron chi connectivity index (χ2n) is 21.5. The number of nitrogens with zero attached hydrogens (tertiary/aromatic N) is 3. The van der Waals surface area contributed by atoms with E-state index in [9.17, 15) is 0 Å². The van der Waals surface area contributed by atoms with Gasteiger partial charge in [-0.15, -0.1) is 0 Å². The van der Waals surface area contributed by atoms with Crippen molar-refractivity contribution in [3.8, 4) is 0 Å². The minimum atomic E-state index is -0.226. The minimum absolute atomic E-state index is 0.0891. The van der Waals surface area contributed by atoms with E-state index in [1.54, 1.807) is 0 Å². The number of aryl methyl sites for hydroxylation is 1. The van der Waals surface area contributed by atoms with Crippen molar-refractivity contribution in [3.05, 3.63) is 245 Å². The number of anilines is 2. The lowest BCUT2D eigenvalue weighted by molar-refractivity contribution is -0.401. The molecule has 340 valence electrons. The quantitative estimate of drug-likeness (QED) is 0.1000. The Morgan fingerprint density at radius 1 is 0.574 bits per heavy atom. The summed E-state index contributed by atoms with van der Waals surface area (Å²) in [6.07, 6.45) is 13.8. The first-order valence-corrected chi connectivity index (χ1v) is 24.4. The van der Waals surface area contributed by atoms with Gasteiger partial charge in [0.2, 0.25) is 5.69 Å².